The minimum absolute atomic E-state index is 0.0789. The molecule has 3 fully saturated rings. The Hall–Kier alpha value is -2.76. The Labute approximate surface area is 273 Å². The van der Waals surface area contributed by atoms with E-state index in [1.54, 1.807) is 56.4 Å². The van der Waals surface area contributed by atoms with Crippen molar-refractivity contribution in [2.75, 3.05) is 0 Å². The molecule has 0 aromatic heterocycles. The summed E-state index contributed by atoms with van der Waals surface area (Å²) in [6.07, 6.45) is 5.25. The quantitative estimate of drug-likeness (QED) is 0.157. The van der Waals surface area contributed by atoms with Crippen molar-refractivity contribution in [3.8, 4) is 0 Å². The standard InChI is InChI=1S/C33H47NO13/c1-18-10-8-6-4-3-5-7-9-11-21(45-32-30(39)28(34)29(38)19(2)44-32)15-25-27(31(40)41)22(36)17-33(42,47-25)16-20(35)14-24-23(46-24)12-13-26(37)43-18/h3-9,11-13,18-25,27-30,32,35-36,38-39,42H,10,14-17,34H2,1-2H3,(H,40,41)/b4-3+,7-5+,8-6+,11-9+,13-12+/t18-,19-,20-,21+,22+,23-,24+,25-,27-,28+,29+,30+,32+,33+/m1/s1. The Balaban J connectivity index is 1.58. The Morgan fingerprint density at radius 2 is 1.64 bits per heavy atom. The van der Waals surface area contributed by atoms with Crippen molar-refractivity contribution < 1.29 is 63.9 Å². The second-order valence-corrected chi connectivity index (χ2v) is 12.6. The minimum Gasteiger partial charge on any atom is -0.481 e. The third-order valence-electron chi connectivity index (χ3n) is 8.58. The summed E-state index contributed by atoms with van der Waals surface area (Å²) in [5, 5.41) is 63.9. The number of fused-ring (bicyclic) bond motifs is 3. The molecule has 8 N–H and O–H groups in total. The summed E-state index contributed by atoms with van der Waals surface area (Å²) < 4.78 is 28.5. The highest BCUT2D eigenvalue weighted by Gasteiger charge is 2.51. The van der Waals surface area contributed by atoms with Crippen LogP contribution in [0, 0.1) is 5.92 Å². The van der Waals surface area contributed by atoms with Crippen molar-refractivity contribution in [2.24, 2.45) is 11.7 Å². The molecule has 4 aliphatic rings. The van der Waals surface area contributed by atoms with E-state index in [2.05, 4.69) is 0 Å². The highest BCUT2D eigenvalue weighted by Crippen LogP contribution is 2.39. The summed E-state index contributed by atoms with van der Waals surface area (Å²) in [5.41, 5.74) is 5.98. The van der Waals surface area contributed by atoms with E-state index in [1.165, 1.54) is 12.2 Å². The Kier molecular flexibility index (Phi) is 13.1. The van der Waals surface area contributed by atoms with E-state index in [0.29, 0.717) is 6.42 Å². The number of carbonyl (C=O) groups excluding carboxylic acids is 1. The number of aliphatic hydroxyl groups excluding tert-OH is 4. The fourth-order valence-electron chi connectivity index (χ4n) is 6.00. The van der Waals surface area contributed by atoms with Crippen LogP contribution in [0.3, 0.4) is 0 Å². The summed E-state index contributed by atoms with van der Waals surface area (Å²) >= 11 is 0. The van der Waals surface area contributed by atoms with E-state index in [0.717, 1.165) is 0 Å². The fraction of sp³-hybridized carbons (Fsp3) is 0.636. The highest BCUT2D eigenvalue weighted by molar-refractivity contribution is 5.82. The van der Waals surface area contributed by atoms with Crippen LogP contribution >= 0.6 is 0 Å². The van der Waals surface area contributed by atoms with Crippen LogP contribution < -0.4 is 5.73 Å². The third kappa shape index (κ3) is 10.6. The van der Waals surface area contributed by atoms with Crippen LogP contribution in [0.4, 0.5) is 0 Å². The van der Waals surface area contributed by atoms with Gasteiger partial charge in [0.05, 0.1) is 48.8 Å². The van der Waals surface area contributed by atoms with Gasteiger partial charge in [0.25, 0.3) is 0 Å². The molecule has 0 radical (unpaired) electrons. The first-order chi connectivity index (χ1) is 22.3. The number of hydrogen-bond acceptors (Lipinski definition) is 13. The number of carboxylic acids is 1. The number of ether oxygens (including phenoxy) is 5. The molecule has 2 bridgehead atoms. The summed E-state index contributed by atoms with van der Waals surface area (Å²) in [4.78, 5) is 24.4. The van der Waals surface area contributed by atoms with Crippen LogP contribution in [0.1, 0.15) is 46.0 Å². The molecule has 0 unspecified atom stereocenters. The van der Waals surface area contributed by atoms with E-state index in [-0.39, 0.29) is 25.4 Å². The van der Waals surface area contributed by atoms with Crippen molar-refractivity contribution >= 4 is 11.9 Å². The predicted octanol–water partition coefficient (Wildman–Crippen LogP) is 0.120. The van der Waals surface area contributed by atoms with Crippen molar-refractivity contribution in [3.05, 3.63) is 60.8 Å². The predicted molar refractivity (Wildman–Crippen MR) is 165 cm³/mol. The van der Waals surface area contributed by atoms with Crippen LogP contribution in [0.5, 0.6) is 0 Å². The number of esters is 1. The lowest BCUT2D eigenvalue weighted by Gasteiger charge is -2.45. The van der Waals surface area contributed by atoms with Gasteiger partial charge >= 0.3 is 11.9 Å². The smallest absolute Gasteiger partial charge is 0.330 e. The molecule has 3 saturated heterocycles. The van der Waals surface area contributed by atoms with Crippen LogP contribution in [0.15, 0.2) is 60.8 Å². The van der Waals surface area contributed by atoms with Gasteiger partial charge in [-0.3, -0.25) is 4.79 Å². The van der Waals surface area contributed by atoms with Crippen LogP contribution in [0.25, 0.3) is 0 Å². The average Bonchev–Trinajstić information content (AvgIpc) is 3.72. The van der Waals surface area contributed by atoms with Gasteiger partial charge in [0.2, 0.25) is 0 Å². The highest BCUT2D eigenvalue weighted by atomic mass is 16.7. The monoisotopic (exact) mass is 665 g/mol. The van der Waals surface area contributed by atoms with Crippen LogP contribution in [-0.2, 0) is 33.3 Å². The SMILES string of the molecule is C[C@@H]1C/C=C/C=C/C=C/C=C/[C@H](O[C@@H]2O[C@H](C)[C@H](O)[C@H](N)[C@@H]2O)C[C@H]2O[C@@](O)(C[C@H](O)C[C@@H]3O[C@@H]3/C=C/C(=O)O1)C[C@H](O)[C@H]2C(=O)O. The van der Waals surface area contributed by atoms with Gasteiger partial charge in [0.15, 0.2) is 12.1 Å². The molecular weight excluding hydrogens is 618 g/mol. The third-order valence-corrected chi connectivity index (χ3v) is 8.58. The van der Waals surface area contributed by atoms with Gasteiger partial charge < -0.3 is 60.1 Å². The topological polar surface area (TPSA) is 231 Å². The number of rotatable bonds is 3. The number of aliphatic carboxylic acids is 1. The largest absolute Gasteiger partial charge is 0.481 e. The maximum absolute atomic E-state index is 12.3. The first-order valence-corrected chi connectivity index (χ1v) is 15.9. The Morgan fingerprint density at radius 1 is 0.936 bits per heavy atom. The van der Waals surface area contributed by atoms with Gasteiger partial charge in [-0.2, -0.15) is 0 Å². The lowest BCUT2D eigenvalue weighted by molar-refractivity contribution is -0.308. The first-order valence-electron chi connectivity index (χ1n) is 15.9. The molecule has 0 aromatic rings. The summed E-state index contributed by atoms with van der Waals surface area (Å²) in [6.45, 7) is 3.34. The molecule has 4 rings (SSSR count). The van der Waals surface area contributed by atoms with E-state index < -0.39 is 97.3 Å². The number of allylic oxidation sites excluding steroid dienone is 6. The number of nitrogens with two attached hydrogens (primary N) is 1. The first kappa shape index (κ1) is 37.1. The van der Waals surface area contributed by atoms with Crippen molar-refractivity contribution in [2.45, 2.75) is 125 Å². The molecule has 0 saturated carbocycles. The van der Waals surface area contributed by atoms with Gasteiger partial charge in [-0.25, -0.2) is 4.79 Å². The number of hydrogen-bond donors (Lipinski definition) is 7. The minimum atomic E-state index is -2.10. The number of aliphatic hydroxyl groups is 5. The van der Waals surface area contributed by atoms with Gasteiger partial charge in [-0.15, -0.1) is 0 Å². The van der Waals surface area contributed by atoms with Crippen LogP contribution in [0.2, 0.25) is 0 Å². The zero-order chi connectivity index (χ0) is 34.3. The second-order valence-electron chi connectivity index (χ2n) is 12.6. The molecule has 47 heavy (non-hydrogen) atoms. The van der Waals surface area contributed by atoms with Crippen molar-refractivity contribution in [3.63, 3.8) is 0 Å². The van der Waals surface area contributed by atoms with Gasteiger partial charge in [0.1, 0.15) is 24.2 Å². The molecule has 0 aliphatic carbocycles. The Morgan fingerprint density at radius 3 is 2.36 bits per heavy atom. The molecule has 14 nitrogen and oxygen atoms in total. The molecule has 4 aliphatic heterocycles. The molecule has 14 heteroatoms. The summed E-state index contributed by atoms with van der Waals surface area (Å²) in [7, 11) is 0. The Bertz CT molecular complexity index is 1220. The normalized spacial score (nSPS) is 47.2. The lowest BCUT2D eigenvalue weighted by atomic mass is 9.83. The number of carbonyl (C=O) groups is 2. The van der Waals surface area contributed by atoms with E-state index >= 15 is 0 Å². The summed E-state index contributed by atoms with van der Waals surface area (Å²) in [6, 6.07) is -1.08. The maximum atomic E-state index is 12.3. The molecule has 262 valence electrons. The second kappa shape index (κ2) is 16.6. The van der Waals surface area contributed by atoms with Gasteiger partial charge in [-0.05, 0) is 19.9 Å². The lowest BCUT2D eigenvalue weighted by Crippen LogP contribution is -2.61. The average molecular weight is 666 g/mol. The molecule has 4 heterocycles. The van der Waals surface area contributed by atoms with Crippen molar-refractivity contribution in [1.82, 2.24) is 0 Å². The molecule has 14 atom stereocenters. The van der Waals surface area contributed by atoms with Gasteiger partial charge in [0, 0.05) is 38.2 Å². The molecule has 0 spiro atoms. The van der Waals surface area contributed by atoms with Gasteiger partial charge in [-0.1, -0.05) is 48.6 Å². The number of epoxide rings is 1. The number of cyclic esters (lactones) is 1. The number of carboxylic acid groups (broad SMARTS) is 1. The van der Waals surface area contributed by atoms with Crippen molar-refractivity contribution in [1.29, 1.82) is 0 Å². The molecule has 0 amide bonds. The van der Waals surface area contributed by atoms with E-state index in [1.807, 2.05) is 6.08 Å². The zero-order valence-electron chi connectivity index (χ0n) is 26.4. The summed E-state index contributed by atoms with van der Waals surface area (Å²) in [5.74, 6) is -5.45. The maximum Gasteiger partial charge on any atom is 0.330 e. The zero-order valence-corrected chi connectivity index (χ0v) is 26.4. The van der Waals surface area contributed by atoms with E-state index in [9.17, 15) is 40.2 Å². The fourth-order valence-corrected chi connectivity index (χ4v) is 6.00. The van der Waals surface area contributed by atoms with Crippen LogP contribution in [-0.4, -0.2) is 122 Å². The molecular formula is C33H47NO13. The molecule has 0 aromatic carbocycles. The van der Waals surface area contributed by atoms with E-state index in [4.69, 9.17) is 29.4 Å².